The number of anilines is 1. The molecule has 0 bridgehead atoms. The summed E-state index contributed by atoms with van der Waals surface area (Å²) in [6, 6.07) is 0. The lowest BCUT2D eigenvalue weighted by Gasteiger charge is -2.57. The van der Waals surface area contributed by atoms with E-state index in [9.17, 15) is 0 Å². The first kappa shape index (κ1) is 21.9. The normalized spacial score (nSPS) is 40.0. The summed E-state index contributed by atoms with van der Waals surface area (Å²) in [4.78, 5) is 13.3. The quantitative estimate of drug-likeness (QED) is 0.575. The first-order valence-corrected chi connectivity index (χ1v) is 12.9. The summed E-state index contributed by atoms with van der Waals surface area (Å²) in [5.41, 5.74) is 9.92. The molecule has 2 N–H and O–H groups in total. The van der Waals surface area contributed by atoms with Gasteiger partial charge in [0.1, 0.15) is 11.8 Å². The number of hydrogen-bond donors (Lipinski definition) is 1. The highest BCUT2D eigenvalue weighted by Gasteiger charge is 2.56. The maximum Gasteiger partial charge on any atom is 0.165 e. The Hall–Kier alpha value is -1.91. The van der Waals surface area contributed by atoms with Crippen molar-refractivity contribution in [3.8, 4) is 0 Å². The number of nitrogen functional groups attached to an aromatic ring is 1. The molecule has 7 atom stereocenters. The van der Waals surface area contributed by atoms with Gasteiger partial charge in [-0.15, -0.1) is 0 Å². The Morgan fingerprint density at radius 3 is 2.72 bits per heavy atom. The molecule has 0 amide bonds. The molecule has 2 heterocycles. The van der Waals surface area contributed by atoms with E-state index in [1.807, 2.05) is 6.33 Å². The van der Waals surface area contributed by atoms with Crippen molar-refractivity contribution in [2.24, 2.45) is 40.4 Å². The second-order valence-corrected chi connectivity index (χ2v) is 11.8. The molecule has 0 radical (unpaired) electrons. The van der Waals surface area contributed by atoms with Gasteiger partial charge in [0.2, 0.25) is 0 Å². The van der Waals surface area contributed by atoms with Crippen molar-refractivity contribution in [2.45, 2.75) is 85.6 Å². The highest BCUT2D eigenvalue weighted by molar-refractivity contribution is 5.81. The molecule has 0 unspecified atom stereocenters. The molecular formula is C27H41N5. The molecule has 2 aromatic heterocycles. The van der Waals surface area contributed by atoms with Crippen LogP contribution in [0.4, 0.5) is 5.82 Å². The van der Waals surface area contributed by atoms with Crippen LogP contribution in [-0.2, 0) is 6.54 Å². The van der Waals surface area contributed by atoms with E-state index in [1.54, 1.807) is 6.33 Å². The van der Waals surface area contributed by atoms with Crippen molar-refractivity contribution < 1.29 is 0 Å². The van der Waals surface area contributed by atoms with Crippen LogP contribution in [0.5, 0.6) is 0 Å². The van der Waals surface area contributed by atoms with E-state index < -0.39 is 0 Å². The molecule has 0 spiro atoms. The standard InChI is InChI=1S/C27H41N5/c1-6-19-13-17(2)9-11-27(19,5)22-10-12-26(4)18(3)7-8-21(26)20(22)14-32-16-31-23-24(28)29-15-30-25(23)32/h15-17,19-22H,3,6-14H2,1-2,4-5H3,(H2,28,29,30)/t17-,19-,20-,21-,22-,26+,27-/m0/s1. The topological polar surface area (TPSA) is 69.6 Å². The second-order valence-electron chi connectivity index (χ2n) is 11.8. The number of rotatable bonds is 4. The fourth-order valence-corrected chi connectivity index (χ4v) is 8.28. The van der Waals surface area contributed by atoms with Gasteiger partial charge in [-0.3, -0.25) is 0 Å². The smallest absolute Gasteiger partial charge is 0.165 e. The van der Waals surface area contributed by atoms with Crippen LogP contribution >= 0.6 is 0 Å². The van der Waals surface area contributed by atoms with Crippen molar-refractivity contribution in [3.63, 3.8) is 0 Å². The fraction of sp³-hybridized carbons (Fsp3) is 0.741. The van der Waals surface area contributed by atoms with Gasteiger partial charge >= 0.3 is 0 Å². The number of allylic oxidation sites excluding steroid dienone is 1. The van der Waals surface area contributed by atoms with Crippen LogP contribution in [0.25, 0.3) is 11.2 Å². The van der Waals surface area contributed by atoms with Crippen molar-refractivity contribution >= 4 is 17.0 Å². The molecule has 3 aliphatic rings. The second kappa shape index (κ2) is 7.85. The maximum atomic E-state index is 6.10. The number of nitrogens with two attached hydrogens (primary N) is 1. The van der Waals surface area contributed by atoms with E-state index in [0.717, 1.165) is 35.5 Å². The lowest BCUT2D eigenvalue weighted by molar-refractivity contribution is -0.0724. The average Bonchev–Trinajstić information content (AvgIpc) is 3.32. The zero-order valence-electron chi connectivity index (χ0n) is 20.5. The number of fused-ring (bicyclic) bond motifs is 2. The Labute approximate surface area is 193 Å². The van der Waals surface area contributed by atoms with Crippen LogP contribution in [0.3, 0.4) is 0 Å². The third-order valence-corrected chi connectivity index (χ3v) is 10.4. The third kappa shape index (κ3) is 3.21. The van der Waals surface area contributed by atoms with Gasteiger partial charge in [0.15, 0.2) is 11.5 Å². The highest BCUT2D eigenvalue weighted by atomic mass is 15.1. The van der Waals surface area contributed by atoms with Gasteiger partial charge in [0, 0.05) is 6.54 Å². The minimum atomic E-state index is 0.283. The fourth-order valence-electron chi connectivity index (χ4n) is 8.28. The summed E-state index contributed by atoms with van der Waals surface area (Å²) in [6.45, 7) is 15.5. The van der Waals surface area contributed by atoms with Crippen LogP contribution in [-0.4, -0.2) is 19.5 Å². The van der Waals surface area contributed by atoms with Crippen molar-refractivity contribution in [1.82, 2.24) is 19.5 Å². The molecule has 174 valence electrons. The van der Waals surface area contributed by atoms with E-state index >= 15 is 0 Å². The van der Waals surface area contributed by atoms with Gasteiger partial charge in [-0.25, -0.2) is 15.0 Å². The molecule has 0 aromatic carbocycles. The number of aromatic nitrogens is 4. The van der Waals surface area contributed by atoms with Gasteiger partial charge in [-0.1, -0.05) is 52.7 Å². The maximum absolute atomic E-state index is 6.10. The highest BCUT2D eigenvalue weighted by Crippen LogP contribution is 2.64. The average molecular weight is 436 g/mol. The Bertz CT molecular complexity index is 1010. The van der Waals surface area contributed by atoms with Crippen LogP contribution in [0.1, 0.15) is 79.1 Å². The van der Waals surface area contributed by atoms with E-state index in [0.29, 0.717) is 23.1 Å². The predicted octanol–water partition coefficient (Wildman–Crippen LogP) is 6.26. The first-order valence-electron chi connectivity index (χ1n) is 12.9. The zero-order chi connectivity index (χ0) is 22.7. The Balaban J connectivity index is 1.55. The Morgan fingerprint density at radius 1 is 1.12 bits per heavy atom. The minimum absolute atomic E-state index is 0.283. The number of imidazole rings is 1. The van der Waals surface area contributed by atoms with E-state index in [1.165, 1.54) is 56.9 Å². The summed E-state index contributed by atoms with van der Waals surface area (Å²) in [5, 5.41) is 0. The minimum Gasteiger partial charge on any atom is -0.382 e. The van der Waals surface area contributed by atoms with Gasteiger partial charge in [-0.05, 0) is 78.9 Å². The zero-order valence-corrected chi connectivity index (χ0v) is 20.5. The van der Waals surface area contributed by atoms with E-state index in [2.05, 4.69) is 53.8 Å². The molecule has 3 fully saturated rings. The van der Waals surface area contributed by atoms with E-state index in [-0.39, 0.29) is 5.41 Å². The SMILES string of the molecule is C=C1CC[C@H]2[C@H](Cn3cnc4c(N)ncnc43)[C@@H]([C@@]3(C)CC[C@H](C)C[C@@H]3CC)CC[C@]12C. The molecule has 5 nitrogen and oxygen atoms in total. The molecule has 5 heteroatoms. The van der Waals surface area contributed by atoms with Gasteiger partial charge < -0.3 is 10.3 Å². The van der Waals surface area contributed by atoms with Gasteiger partial charge in [0.25, 0.3) is 0 Å². The lowest BCUT2D eigenvalue weighted by atomic mass is 9.48. The summed E-state index contributed by atoms with van der Waals surface area (Å²) in [6.07, 6.45) is 14.1. The van der Waals surface area contributed by atoms with Crippen LogP contribution in [0, 0.1) is 40.4 Å². The number of hydrogen-bond acceptors (Lipinski definition) is 4. The molecule has 3 aliphatic carbocycles. The molecule has 5 rings (SSSR count). The lowest BCUT2D eigenvalue weighted by Crippen LogP contribution is -2.50. The molecule has 0 saturated heterocycles. The molecular weight excluding hydrogens is 394 g/mol. The largest absolute Gasteiger partial charge is 0.382 e. The van der Waals surface area contributed by atoms with Crippen LogP contribution in [0.15, 0.2) is 24.8 Å². The molecule has 2 aromatic rings. The van der Waals surface area contributed by atoms with Crippen LogP contribution < -0.4 is 5.73 Å². The predicted molar refractivity (Wildman–Crippen MR) is 131 cm³/mol. The first-order chi connectivity index (χ1) is 15.3. The van der Waals surface area contributed by atoms with Gasteiger partial charge in [-0.2, -0.15) is 0 Å². The summed E-state index contributed by atoms with van der Waals surface area (Å²) in [7, 11) is 0. The summed E-state index contributed by atoms with van der Waals surface area (Å²) < 4.78 is 2.27. The van der Waals surface area contributed by atoms with Crippen LogP contribution in [0.2, 0.25) is 0 Å². The summed E-state index contributed by atoms with van der Waals surface area (Å²) >= 11 is 0. The third-order valence-electron chi connectivity index (χ3n) is 10.4. The monoisotopic (exact) mass is 435 g/mol. The van der Waals surface area contributed by atoms with Gasteiger partial charge in [0.05, 0.1) is 6.33 Å². The summed E-state index contributed by atoms with van der Waals surface area (Å²) in [5.74, 6) is 4.22. The van der Waals surface area contributed by atoms with E-state index in [4.69, 9.17) is 5.73 Å². The Kier molecular flexibility index (Phi) is 5.37. The van der Waals surface area contributed by atoms with Crippen molar-refractivity contribution in [1.29, 1.82) is 0 Å². The van der Waals surface area contributed by atoms with Crippen molar-refractivity contribution in [2.75, 3.05) is 5.73 Å². The number of nitrogens with zero attached hydrogens (tertiary/aromatic N) is 4. The molecule has 0 aliphatic heterocycles. The molecule has 3 saturated carbocycles. The Morgan fingerprint density at radius 2 is 1.94 bits per heavy atom. The van der Waals surface area contributed by atoms with Crippen molar-refractivity contribution in [3.05, 3.63) is 24.8 Å². The molecule has 32 heavy (non-hydrogen) atoms.